The minimum Gasteiger partial charge on any atom is -0.352 e. The van der Waals surface area contributed by atoms with Gasteiger partial charge < -0.3 is 10.2 Å². The minimum atomic E-state index is -0.975. The SMILES string of the molecule is Cn1nc(C(=O)N2CCNC(=O)C2c2cccc(F)c2)[nH]c1=O. The Balaban J connectivity index is 1.99. The number of rotatable bonds is 2. The highest BCUT2D eigenvalue weighted by molar-refractivity contribution is 5.96. The van der Waals surface area contributed by atoms with Gasteiger partial charge in [-0.05, 0) is 17.7 Å². The van der Waals surface area contributed by atoms with E-state index < -0.39 is 29.4 Å². The summed E-state index contributed by atoms with van der Waals surface area (Å²) in [5.41, 5.74) is -0.175. The van der Waals surface area contributed by atoms with Crippen LogP contribution in [0.1, 0.15) is 22.2 Å². The van der Waals surface area contributed by atoms with Crippen LogP contribution in [0.4, 0.5) is 4.39 Å². The Morgan fingerprint density at radius 3 is 2.83 bits per heavy atom. The topological polar surface area (TPSA) is 100 Å². The molecule has 1 aliphatic rings. The molecule has 0 spiro atoms. The molecule has 8 nitrogen and oxygen atoms in total. The standard InChI is InChI=1S/C14H14FN5O3/c1-19-14(23)17-11(18-19)13(22)20-6-5-16-12(21)10(20)8-3-2-4-9(15)7-8/h2-4,7,10H,5-6H2,1H3,(H,16,21)(H,17,18,23). The van der Waals surface area contributed by atoms with Crippen molar-refractivity contribution in [3.8, 4) is 0 Å². The average Bonchev–Trinajstić information content (AvgIpc) is 2.85. The number of benzene rings is 1. The fraction of sp³-hybridized carbons (Fsp3) is 0.286. The minimum absolute atomic E-state index is 0.159. The van der Waals surface area contributed by atoms with Crippen LogP contribution in [-0.4, -0.2) is 44.6 Å². The molecule has 2 N–H and O–H groups in total. The second-order valence-electron chi connectivity index (χ2n) is 5.15. The van der Waals surface area contributed by atoms with E-state index in [2.05, 4.69) is 15.4 Å². The third kappa shape index (κ3) is 2.72. The number of nitrogens with zero attached hydrogens (tertiary/aromatic N) is 3. The zero-order chi connectivity index (χ0) is 16.6. The Morgan fingerprint density at radius 1 is 1.39 bits per heavy atom. The Labute approximate surface area is 129 Å². The van der Waals surface area contributed by atoms with Gasteiger partial charge in [-0.3, -0.25) is 14.6 Å². The quantitative estimate of drug-likeness (QED) is 0.784. The average molecular weight is 319 g/mol. The van der Waals surface area contributed by atoms with Crippen molar-refractivity contribution in [2.75, 3.05) is 13.1 Å². The van der Waals surface area contributed by atoms with Gasteiger partial charge in [0.05, 0.1) is 0 Å². The van der Waals surface area contributed by atoms with E-state index in [1.54, 1.807) is 6.07 Å². The number of hydrogen-bond donors (Lipinski definition) is 2. The number of amides is 2. The van der Waals surface area contributed by atoms with E-state index >= 15 is 0 Å². The Kier molecular flexibility index (Phi) is 3.68. The lowest BCUT2D eigenvalue weighted by molar-refractivity contribution is -0.128. The molecule has 2 amide bonds. The summed E-state index contributed by atoms with van der Waals surface area (Å²) < 4.78 is 14.5. The van der Waals surface area contributed by atoms with E-state index in [-0.39, 0.29) is 18.9 Å². The van der Waals surface area contributed by atoms with Crippen LogP contribution in [0.2, 0.25) is 0 Å². The number of carbonyl (C=O) groups excluding carboxylic acids is 2. The van der Waals surface area contributed by atoms with Crippen molar-refractivity contribution in [3.63, 3.8) is 0 Å². The number of aryl methyl sites for hydroxylation is 1. The second kappa shape index (κ2) is 5.67. The van der Waals surface area contributed by atoms with E-state index in [1.807, 2.05) is 0 Å². The van der Waals surface area contributed by atoms with Crippen molar-refractivity contribution in [2.45, 2.75) is 6.04 Å². The van der Waals surface area contributed by atoms with Crippen LogP contribution in [0.25, 0.3) is 0 Å². The molecule has 9 heteroatoms. The second-order valence-corrected chi connectivity index (χ2v) is 5.15. The van der Waals surface area contributed by atoms with Crippen molar-refractivity contribution < 1.29 is 14.0 Å². The number of aromatic amines is 1. The Bertz CT molecular complexity index is 828. The summed E-state index contributed by atoms with van der Waals surface area (Å²) in [5, 5.41) is 6.46. The molecular weight excluding hydrogens is 305 g/mol. The van der Waals surface area contributed by atoms with Gasteiger partial charge >= 0.3 is 5.69 Å². The molecule has 1 aromatic carbocycles. The summed E-state index contributed by atoms with van der Waals surface area (Å²) in [6, 6.07) is 4.53. The fourth-order valence-electron chi connectivity index (χ4n) is 2.53. The van der Waals surface area contributed by atoms with Crippen molar-refractivity contribution in [2.24, 2.45) is 7.05 Å². The maximum atomic E-state index is 13.5. The molecule has 0 bridgehead atoms. The fourth-order valence-corrected chi connectivity index (χ4v) is 2.53. The van der Waals surface area contributed by atoms with Crippen LogP contribution in [0, 0.1) is 5.82 Å². The van der Waals surface area contributed by atoms with E-state index in [9.17, 15) is 18.8 Å². The van der Waals surface area contributed by atoms with Gasteiger partial charge in [-0.1, -0.05) is 12.1 Å². The van der Waals surface area contributed by atoms with Crippen LogP contribution < -0.4 is 11.0 Å². The summed E-state index contributed by atoms with van der Waals surface area (Å²) in [7, 11) is 1.41. The number of piperazine rings is 1. The number of hydrogen-bond acceptors (Lipinski definition) is 4. The highest BCUT2D eigenvalue weighted by atomic mass is 19.1. The molecule has 2 aromatic rings. The third-order valence-corrected chi connectivity index (χ3v) is 3.61. The predicted octanol–water partition coefficient (Wildman–Crippen LogP) is -0.439. The van der Waals surface area contributed by atoms with Gasteiger partial charge in [0.25, 0.3) is 5.91 Å². The van der Waals surface area contributed by atoms with Crippen LogP contribution in [0.5, 0.6) is 0 Å². The number of aromatic nitrogens is 3. The molecule has 0 saturated carbocycles. The molecule has 23 heavy (non-hydrogen) atoms. The van der Waals surface area contributed by atoms with Gasteiger partial charge in [0, 0.05) is 20.1 Å². The Hall–Kier alpha value is -2.97. The monoisotopic (exact) mass is 319 g/mol. The zero-order valence-corrected chi connectivity index (χ0v) is 12.2. The molecule has 1 aromatic heterocycles. The highest BCUT2D eigenvalue weighted by Crippen LogP contribution is 2.25. The number of carbonyl (C=O) groups is 2. The molecule has 3 rings (SSSR count). The number of H-pyrrole nitrogens is 1. The molecule has 1 fully saturated rings. The molecule has 1 unspecified atom stereocenters. The molecule has 0 aliphatic carbocycles. The van der Waals surface area contributed by atoms with Gasteiger partial charge in [0.15, 0.2) is 0 Å². The van der Waals surface area contributed by atoms with E-state index in [1.165, 1.54) is 30.1 Å². The van der Waals surface area contributed by atoms with E-state index in [0.29, 0.717) is 5.56 Å². The van der Waals surface area contributed by atoms with Crippen molar-refractivity contribution in [1.82, 2.24) is 25.0 Å². The Morgan fingerprint density at radius 2 is 2.17 bits per heavy atom. The van der Waals surface area contributed by atoms with Gasteiger partial charge in [-0.25, -0.2) is 13.9 Å². The summed E-state index contributed by atoms with van der Waals surface area (Å²) in [6.07, 6.45) is 0. The maximum absolute atomic E-state index is 13.5. The first kappa shape index (κ1) is 14.9. The van der Waals surface area contributed by atoms with Crippen LogP contribution in [0.3, 0.4) is 0 Å². The molecular formula is C14H14FN5O3. The van der Waals surface area contributed by atoms with E-state index in [0.717, 1.165) is 4.68 Å². The summed E-state index contributed by atoms with van der Waals surface area (Å²) in [6.45, 7) is 0.498. The third-order valence-electron chi connectivity index (χ3n) is 3.61. The van der Waals surface area contributed by atoms with Crippen LogP contribution in [0.15, 0.2) is 29.1 Å². The lowest BCUT2D eigenvalue weighted by Gasteiger charge is -2.34. The number of nitrogens with one attached hydrogen (secondary N) is 2. The molecule has 1 atom stereocenters. The molecule has 120 valence electrons. The predicted molar refractivity (Wildman–Crippen MR) is 77.0 cm³/mol. The van der Waals surface area contributed by atoms with Crippen molar-refractivity contribution in [1.29, 1.82) is 0 Å². The van der Waals surface area contributed by atoms with Gasteiger partial charge in [-0.2, -0.15) is 0 Å². The lowest BCUT2D eigenvalue weighted by Crippen LogP contribution is -2.52. The smallest absolute Gasteiger partial charge is 0.343 e. The number of halogens is 1. The summed E-state index contributed by atoms with van der Waals surface area (Å²) in [5.74, 6) is -1.66. The van der Waals surface area contributed by atoms with Gasteiger partial charge in [0.1, 0.15) is 11.9 Å². The summed E-state index contributed by atoms with van der Waals surface area (Å²) in [4.78, 5) is 39.8. The first-order valence-electron chi connectivity index (χ1n) is 6.95. The van der Waals surface area contributed by atoms with Crippen LogP contribution in [-0.2, 0) is 11.8 Å². The highest BCUT2D eigenvalue weighted by Gasteiger charge is 2.36. The van der Waals surface area contributed by atoms with Crippen LogP contribution >= 0.6 is 0 Å². The lowest BCUT2D eigenvalue weighted by atomic mass is 10.0. The molecule has 1 saturated heterocycles. The van der Waals surface area contributed by atoms with Gasteiger partial charge in [-0.15, -0.1) is 5.10 Å². The first-order valence-corrected chi connectivity index (χ1v) is 6.95. The molecule has 0 radical (unpaired) electrons. The first-order chi connectivity index (χ1) is 11.0. The molecule has 2 heterocycles. The summed E-state index contributed by atoms with van der Waals surface area (Å²) >= 11 is 0. The normalized spacial score (nSPS) is 17.9. The van der Waals surface area contributed by atoms with Crippen molar-refractivity contribution in [3.05, 3.63) is 52.0 Å². The largest absolute Gasteiger partial charge is 0.352 e. The van der Waals surface area contributed by atoms with E-state index in [4.69, 9.17) is 0 Å². The van der Waals surface area contributed by atoms with Crippen molar-refractivity contribution >= 4 is 11.8 Å². The maximum Gasteiger partial charge on any atom is 0.343 e. The van der Waals surface area contributed by atoms with Gasteiger partial charge in [0.2, 0.25) is 11.7 Å². The zero-order valence-electron chi connectivity index (χ0n) is 12.2. The molecule has 1 aliphatic heterocycles.